The number of rotatable bonds is 8. The predicted molar refractivity (Wildman–Crippen MR) is 107 cm³/mol. The van der Waals surface area contributed by atoms with Crippen molar-refractivity contribution < 1.29 is 19.0 Å². The summed E-state index contributed by atoms with van der Waals surface area (Å²) in [6, 6.07) is 5.62. The molecule has 1 amide bonds. The Labute approximate surface area is 166 Å². The summed E-state index contributed by atoms with van der Waals surface area (Å²) in [5, 5.41) is 4.23. The predicted octanol–water partition coefficient (Wildman–Crippen LogP) is 3.18. The number of methoxy groups -OCH3 is 2. The van der Waals surface area contributed by atoms with Gasteiger partial charge in [-0.3, -0.25) is 9.48 Å². The summed E-state index contributed by atoms with van der Waals surface area (Å²) in [6.45, 7) is 1.98. The van der Waals surface area contributed by atoms with Crippen molar-refractivity contribution in [2.45, 2.75) is 32.2 Å². The highest BCUT2D eigenvalue weighted by atomic mass is 16.5. The van der Waals surface area contributed by atoms with E-state index in [4.69, 9.17) is 14.2 Å². The zero-order chi connectivity index (χ0) is 19.9. The van der Waals surface area contributed by atoms with Gasteiger partial charge in [-0.1, -0.05) is 0 Å². The quantitative estimate of drug-likeness (QED) is 0.696. The van der Waals surface area contributed by atoms with E-state index in [9.17, 15) is 4.79 Å². The molecule has 152 valence electrons. The lowest BCUT2D eigenvalue weighted by molar-refractivity contribution is -0.119. The number of carbonyl (C=O) groups is 1. The van der Waals surface area contributed by atoms with Crippen molar-refractivity contribution in [3.63, 3.8) is 0 Å². The number of anilines is 1. The summed E-state index contributed by atoms with van der Waals surface area (Å²) in [7, 11) is 5.10. The van der Waals surface area contributed by atoms with E-state index < -0.39 is 0 Å². The average molecular weight is 387 g/mol. The molecule has 1 unspecified atom stereocenters. The van der Waals surface area contributed by atoms with E-state index in [2.05, 4.69) is 5.10 Å². The number of amides is 1. The molecule has 1 fully saturated rings. The highest BCUT2D eigenvalue weighted by molar-refractivity contribution is 5.93. The summed E-state index contributed by atoms with van der Waals surface area (Å²) in [4.78, 5) is 14.9. The molecule has 7 nitrogen and oxygen atoms in total. The summed E-state index contributed by atoms with van der Waals surface area (Å²) in [5.74, 6) is 1.99. The SMILES string of the molecule is COc1ccc(OC)c(CN(C(=O)CCC2CCCOC2)c2cnn(C)c2)c1. The Morgan fingerprint density at radius 2 is 2.21 bits per heavy atom. The zero-order valence-corrected chi connectivity index (χ0v) is 16.9. The van der Waals surface area contributed by atoms with Gasteiger partial charge in [0.2, 0.25) is 5.91 Å². The maximum absolute atomic E-state index is 13.1. The standard InChI is InChI=1S/C21H29N3O4/c1-23-14-18(12-22-23)24(21(25)9-6-16-5-4-10-28-15-16)13-17-11-19(26-2)7-8-20(17)27-3/h7-8,11-12,14,16H,4-6,9-10,13,15H2,1-3H3. The summed E-state index contributed by atoms with van der Waals surface area (Å²) < 4.78 is 18.1. The van der Waals surface area contributed by atoms with Crippen LogP contribution in [0.5, 0.6) is 11.5 Å². The van der Waals surface area contributed by atoms with Crippen LogP contribution in [0.2, 0.25) is 0 Å². The molecule has 2 aromatic rings. The minimum atomic E-state index is 0.0726. The Bertz CT molecular complexity index is 784. The van der Waals surface area contributed by atoms with Gasteiger partial charge in [-0.05, 0) is 43.4 Å². The number of ether oxygens (including phenoxy) is 3. The van der Waals surface area contributed by atoms with Crippen molar-refractivity contribution in [1.82, 2.24) is 9.78 Å². The average Bonchev–Trinajstić information content (AvgIpc) is 3.16. The number of hydrogen-bond donors (Lipinski definition) is 0. The van der Waals surface area contributed by atoms with Gasteiger partial charge in [0.1, 0.15) is 11.5 Å². The molecule has 0 radical (unpaired) electrons. The Kier molecular flexibility index (Phi) is 6.92. The molecule has 28 heavy (non-hydrogen) atoms. The van der Waals surface area contributed by atoms with Crippen LogP contribution in [0.25, 0.3) is 0 Å². The van der Waals surface area contributed by atoms with Crippen molar-refractivity contribution in [2.24, 2.45) is 13.0 Å². The van der Waals surface area contributed by atoms with Crippen LogP contribution in [0.1, 0.15) is 31.2 Å². The third-order valence-corrected chi connectivity index (χ3v) is 5.14. The molecule has 7 heteroatoms. The Hall–Kier alpha value is -2.54. The molecule has 1 saturated heterocycles. The zero-order valence-electron chi connectivity index (χ0n) is 16.9. The Morgan fingerprint density at radius 1 is 1.36 bits per heavy atom. The minimum Gasteiger partial charge on any atom is -0.497 e. The van der Waals surface area contributed by atoms with E-state index in [1.54, 1.807) is 30.0 Å². The number of carbonyl (C=O) groups excluding carboxylic acids is 1. The third kappa shape index (κ3) is 5.04. The van der Waals surface area contributed by atoms with Gasteiger partial charge in [-0.2, -0.15) is 5.10 Å². The summed E-state index contributed by atoms with van der Waals surface area (Å²) in [5.41, 5.74) is 1.66. The second kappa shape index (κ2) is 9.59. The van der Waals surface area contributed by atoms with Gasteiger partial charge in [-0.25, -0.2) is 0 Å². The topological polar surface area (TPSA) is 65.8 Å². The lowest BCUT2D eigenvalue weighted by Crippen LogP contribution is -2.31. The van der Waals surface area contributed by atoms with E-state index in [0.717, 1.165) is 55.2 Å². The van der Waals surface area contributed by atoms with Crippen molar-refractivity contribution in [1.29, 1.82) is 0 Å². The molecule has 0 aliphatic carbocycles. The smallest absolute Gasteiger partial charge is 0.227 e. The van der Waals surface area contributed by atoms with Gasteiger partial charge in [0.25, 0.3) is 0 Å². The van der Waals surface area contributed by atoms with Gasteiger partial charge in [0.15, 0.2) is 0 Å². The second-order valence-corrected chi connectivity index (χ2v) is 7.15. The van der Waals surface area contributed by atoms with E-state index in [1.807, 2.05) is 31.4 Å². The van der Waals surface area contributed by atoms with Crippen molar-refractivity contribution in [3.8, 4) is 11.5 Å². The first-order valence-corrected chi connectivity index (χ1v) is 9.68. The van der Waals surface area contributed by atoms with Crippen LogP contribution in [0.3, 0.4) is 0 Å². The number of hydrogen-bond acceptors (Lipinski definition) is 5. The van der Waals surface area contributed by atoms with Gasteiger partial charge in [-0.15, -0.1) is 0 Å². The van der Waals surface area contributed by atoms with Crippen molar-refractivity contribution in [3.05, 3.63) is 36.2 Å². The molecular formula is C21H29N3O4. The lowest BCUT2D eigenvalue weighted by Gasteiger charge is -2.25. The summed E-state index contributed by atoms with van der Waals surface area (Å²) in [6.07, 6.45) is 7.10. The monoisotopic (exact) mass is 387 g/mol. The molecule has 0 saturated carbocycles. The summed E-state index contributed by atoms with van der Waals surface area (Å²) >= 11 is 0. The van der Waals surface area contributed by atoms with Gasteiger partial charge < -0.3 is 19.1 Å². The molecule has 1 aliphatic rings. The molecule has 1 aliphatic heterocycles. The largest absolute Gasteiger partial charge is 0.497 e. The Morgan fingerprint density at radius 3 is 2.86 bits per heavy atom. The van der Waals surface area contributed by atoms with E-state index in [-0.39, 0.29) is 5.91 Å². The van der Waals surface area contributed by atoms with Crippen molar-refractivity contribution >= 4 is 11.6 Å². The first-order chi connectivity index (χ1) is 13.6. The van der Waals surface area contributed by atoms with Crippen LogP contribution in [-0.4, -0.2) is 43.1 Å². The molecule has 0 N–H and O–H groups in total. The van der Waals surface area contributed by atoms with Gasteiger partial charge >= 0.3 is 0 Å². The molecule has 0 spiro atoms. The van der Waals surface area contributed by atoms with Crippen LogP contribution in [0.15, 0.2) is 30.6 Å². The first-order valence-electron chi connectivity index (χ1n) is 9.68. The van der Waals surface area contributed by atoms with Gasteiger partial charge in [0.05, 0.1) is 32.6 Å². The number of aromatic nitrogens is 2. The van der Waals surface area contributed by atoms with Crippen LogP contribution >= 0.6 is 0 Å². The molecule has 2 heterocycles. The number of aryl methyl sites for hydroxylation is 1. The fourth-order valence-corrected chi connectivity index (χ4v) is 3.54. The maximum Gasteiger partial charge on any atom is 0.227 e. The van der Waals surface area contributed by atoms with E-state index in [0.29, 0.717) is 18.9 Å². The number of nitrogens with zero attached hydrogens (tertiary/aromatic N) is 3. The molecule has 1 aromatic carbocycles. The number of benzene rings is 1. The second-order valence-electron chi connectivity index (χ2n) is 7.15. The fourth-order valence-electron chi connectivity index (χ4n) is 3.54. The molecule has 1 aromatic heterocycles. The first kappa shape index (κ1) is 20.2. The highest BCUT2D eigenvalue weighted by Crippen LogP contribution is 2.28. The molecular weight excluding hydrogens is 358 g/mol. The highest BCUT2D eigenvalue weighted by Gasteiger charge is 2.22. The maximum atomic E-state index is 13.1. The normalized spacial score (nSPS) is 16.6. The van der Waals surface area contributed by atoms with Crippen LogP contribution < -0.4 is 14.4 Å². The molecule has 1 atom stereocenters. The van der Waals surface area contributed by atoms with Crippen LogP contribution in [-0.2, 0) is 23.1 Å². The van der Waals surface area contributed by atoms with Crippen molar-refractivity contribution in [2.75, 3.05) is 32.3 Å². The molecule has 3 rings (SSSR count). The minimum absolute atomic E-state index is 0.0726. The van der Waals surface area contributed by atoms with Crippen LogP contribution in [0.4, 0.5) is 5.69 Å². The molecule has 0 bridgehead atoms. The van der Waals surface area contributed by atoms with E-state index >= 15 is 0 Å². The lowest BCUT2D eigenvalue weighted by atomic mass is 9.96. The Balaban J connectivity index is 1.78. The fraction of sp³-hybridized carbons (Fsp3) is 0.524. The third-order valence-electron chi connectivity index (χ3n) is 5.14. The van der Waals surface area contributed by atoms with E-state index in [1.165, 1.54) is 0 Å². The van der Waals surface area contributed by atoms with Gasteiger partial charge in [0, 0.05) is 38.4 Å². The van der Waals surface area contributed by atoms with Crippen LogP contribution in [0, 0.1) is 5.92 Å².